The summed E-state index contributed by atoms with van der Waals surface area (Å²) >= 11 is 7.89. The van der Waals surface area contributed by atoms with Crippen LogP contribution in [0.15, 0.2) is 23.7 Å². The Morgan fingerprint density at radius 2 is 2.04 bits per heavy atom. The van der Waals surface area contributed by atoms with Crippen LogP contribution in [0.25, 0.3) is 0 Å². The Morgan fingerprint density at radius 1 is 1.28 bits per heavy atom. The van der Waals surface area contributed by atoms with Gasteiger partial charge in [0, 0.05) is 23.1 Å². The first-order chi connectivity index (χ1) is 12.0. The van der Waals surface area contributed by atoms with Gasteiger partial charge in [-0.2, -0.15) is 0 Å². The zero-order valence-corrected chi connectivity index (χ0v) is 16.4. The zero-order valence-electron chi connectivity index (χ0n) is 14.8. The maximum absolute atomic E-state index is 11.0. The number of nitrogens with zero attached hydrogens (tertiary/aromatic N) is 2. The molecule has 1 aliphatic rings. The monoisotopic (exact) mass is 380 g/mol. The van der Waals surface area contributed by atoms with Crippen LogP contribution < -0.4 is 4.74 Å². The van der Waals surface area contributed by atoms with E-state index in [1.807, 2.05) is 37.6 Å². The number of benzene rings is 1. The molecule has 25 heavy (non-hydrogen) atoms. The highest BCUT2D eigenvalue weighted by Gasteiger charge is 2.31. The summed E-state index contributed by atoms with van der Waals surface area (Å²) in [6.45, 7) is 6.97. The average molecular weight is 381 g/mol. The van der Waals surface area contributed by atoms with Crippen molar-refractivity contribution in [2.45, 2.75) is 45.3 Å². The van der Waals surface area contributed by atoms with E-state index in [9.17, 15) is 5.11 Å². The molecule has 1 aliphatic heterocycles. The molecule has 2 aromatic rings. The molecule has 1 saturated heterocycles. The molecule has 0 bridgehead atoms. The number of aliphatic hydroxyl groups is 1. The van der Waals surface area contributed by atoms with Crippen LogP contribution in [-0.4, -0.2) is 40.3 Å². The number of hydrogen-bond acceptors (Lipinski definition) is 5. The molecule has 0 aliphatic carbocycles. The van der Waals surface area contributed by atoms with Crippen molar-refractivity contribution in [3.05, 3.63) is 44.9 Å². The van der Waals surface area contributed by atoms with Gasteiger partial charge in [-0.15, -0.1) is 11.3 Å². The fourth-order valence-electron chi connectivity index (χ4n) is 3.27. The second-order valence-corrected chi connectivity index (χ2v) is 8.30. The normalized spacial score (nSPS) is 21.9. The predicted molar refractivity (Wildman–Crippen MR) is 103 cm³/mol. The van der Waals surface area contributed by atoms with Crippen LogP contribution >= 0.6 is 22.9 Å². The van der Waals surface area contributed by atoms with E-state index in [1.54, 1.807) is 11.3 Å². The molecule has 1 N–H and O–H groups in total. The van der Waals surface area contributed by atoms with Crippen molar-refractivity contribution in [2.24, 2.45) is 0 Å². The highest BCUT2D eigenvalue weighted by Crippen LogP contribution is 2.28. The summed E-state index contributed by atoms with van der Waals surface area (Å²) < 4.78 is 5.92. The lowest BCUT2D eigenvalue weighted by Crippen LogP contribution is -2.37. The zero-order chi connectivity index (χ0) is 17.9. The van der Waals surface area contributed by atoms with Crippen LogP contribution in [-0.2, 0) is 6.54 Å². The number of likely N-dealkylation sites (tertiary alicyclic amines) is 1. The smallest absolute Gasteiger partial charge is 0.120 e. The van der Waals surface area contributed by atoms with Gasteiger partial charge in [-0.1, -0.05) is 11.6 Å². The highest BCUT2D eigenvalue weighted by atomic mass is 35.5. The van der Waals surface area contributed by atoms with E-state index in [2.05, 4.69) is 9.88 Å². The molecule has 1 unspecified atom stereocenters. The average Bonchev–Trinajstić information content (AvgIpc) is 3.01. The summed E-state index contributed by atoms with van der Waals surface area (Å²) in [7, 11) is 0. The number of rotatable bonds is 5. The fraction of sp³-hybridized carbons (Fsp3) is 0.526. The third-order valence-corrected chi connectivity index (χ3v) is 6.13. The fourth-order valence-corrected chi connectivity index (χ4v) is 4.03. The summed E-state index contributed by atoms with van der Waals surface area (Å²) in [5.74, 6) is 0.775. The first-order valence-electron chi connectivity index (χ1n) is 8.68. The van der Waals surface area contributed by atoms with Gasteiger partial charge in [-0.05, 0) is 62.9 Å². The van der Waals surface area contributed by atoms with Gasteiger partial charge in [0.1, 0.15) is 17.4 Å². The topological polar surface area (TPSA) is 45.6 Å². The number of hydrogen-bond donors (Lipinski definition) is 1. The van der Waals surface area contributed by atoms with Crippen molar-refractivity contribution < 1.29 is 9.84 Å². The Balaban J connectivity index is 1.57. The molecule has 1 fully saturated rings. The molecule has 0 amide bonds. The van der Waals surface area contributed by atoms with Gasteiger partial charge in [0.05, 0.1) is 12.1 Å². The van der Waals surface area contributed by atoms with E-state index in [4.69, 9.17) is 16.3 Å². The number of aromatic nitrogens is 1. The maximum Gasteiger partial charge on any atom is 0.120 e. The summed E-state index contributed by atoms with van der Waals surface area (Å²) in [5, 5.41) is 14.9. The van der Waals surface area contributed by atoms with Gasteiger partial charge in [0.2, 0.25) is 0 Å². The maximum atomic E-state index is 11.0. The summed E-state index contributed by atoms with van der Waals surface area (Å²) in [5.41, 5.74) is 1.22. The first-order valence-corrected chi connectivity index (χ1v) is 9.94. The molecule has 3 rings (SSSR count). The largest absolute Gasteiger partial charge is 0.491 e. The van der Waals surface area contributed by atoms with Crippen LogP contribution in [0.2, 0.25) is 5.02 Å². The number of thiazole rings is 1. The molecule has 6 heteroatoms. The molecular formula is C19H25ClN2O2S. The lowest BCUT2D eigenvalue weighted by molar-refractivity contribution is -0.0168. The lowest BCUT2D eigenvalue weighted by Gasteiger charge is -2.27. The van der Waals surface area contributed by atoms with E-state index in [1.165, 1.54) is 0 Å². The molecule has 4 nitrogen and oxygen atoms in total. The van der Waals surface area contributed by atoms with Gasteiger partial charge in [0.25, 0.3) is 0 Å². The summed E-state index contributed by atoms with van der Waals surface area (Å²) in [4.78, 5) is 6.72. The Labute approximate surface area is 158 Å². The van der Waals surface area contributed by atoms with Gasteiger partial charge < -0.3 is 9.84 Å². The van der Waals surface area contributed by atoms with Gasteiger partial charge in [-0.25, -0.2) is 4.98 Å². The van der Waals surface area contributed by atoms with Crippen LogP contribution in [0.1, 0.15) is 35.4 Å². The number of halogens is 1. The SMILES string of the molecule is Cc1cc(OCC2(O)CCCN(Cc3nccs3)CC2)cc(C)c1Cl. The van der Waals surface area contributed by atoms with Gasteiger partial charge in [-0.3, -0.25) is 4.90 Å². The molecule has 2 heterocycles. The predicted octanol–water partition coefficient (Wildman–Crippen LogP) is 4.21. The minimum Gasteiger partial charge on any atom is -0.491 e. The van der Waals surface area contributed by atoms with Crippen molar-refractivity contribution >= 4 is 22.9 Å². The molecule has 0 radical (unpaired) electrons. The molecule has 1 aromatic heterocycles. The van der Waals surface area contributed by atoms with Gasteiger partial charge in [0.15, 0.2) is 0 Å². The van der Waals surface area contributed by atoms with Crippen LogP contribution in [0, 0.1) is 13.8 Å². The highest BCUT2D eigenvalue weighted by molar-refractivity contribution is 7.09. The van der Waals surface area contributed by atoms with Crippen molar-refractivity contribution in [1.82, 2.24) is 9.88 Å². The third kappa shape index (κ3) is 4.94. The van der Waals surface area contributed by atoms with Crippen LogP contribution in [0.3, 0.4) is 0 Å². The van der Waals surface area contributed by atoms with E-state index in [0.29, 0.717) is 13.0 Å². The number of aryl methyl sites for hydroxylation is 2. The Kier molecular flexibility index (Phi) is 6.00. The standard InChI is InChI=1S/C19H25ClN2O2S/c1-14-10-16(11-15(2)18(14)20)24-13-19(23)4-3-7-22(8-5-19)12-17-21-6-9-25-17/h6,9-11,23H,3-5,7-8,12-13H2,1-2H3. The number of ether oxygens (including phenoxy) is 1. The molecule has 1 atom stereocenters. The van der Waals surface area contributed by atoms with E-state index in [0.717, 1.165) is 59.4 Å². The van der Waals surface area contributed by atoms with Gasteiger partial charge >= 0.3 is 0 Å². The van der Waals surface area contributed by atoms with E-state index >= 15 is 0 Å². The Bertz CT molecular complexity index is 684. The van der Waals surface area contributed by atoms with Crippen molar-refractivity contribution in [3.8, 4) is 5.75 Å². The minimum absolute atomic E-state index is 0.318. The third-order valence-electron chi connectivity index (χ3n) is 4.77. The molecule has 0 saturated carbocycles. The molecule has 0 spiro atoms. The molecule has 136 valence electrons. The second kappa shape index (κ2) is 8.04. The first kappa shape index (κ1) is 18.6. The van der Waals surface area contributed by atoms with Crippen molar-refractivity contribution in [2.75, 3.05) is 19.7 Å². The summed E-state index contributed by atoms with van der Waals surface area (Å²) in [6, 6.07) is 3.87. The van der Waals surface area contributed by atoms with Crippen LogP contribution in [0.4, 0.5) is 0 Å². The summed E-state index contributed by atoms with van der Waals surface area (Å²) in [6.07, 6.45) is 4.28. The quantitative estimate of drug-likeness (QED) is 0.843. The minimum atomic E-state index is -0.779. The van der Waals surface area contributed by atoms with E-state index < -0.39 is 5.60 Å². The Hall–Kier alpha value is -1.14. The molecule has 1 aromatic carbocycles. The van der Waals surface area contributed by atoms with Crippen molar-refractivity contribution in [1.29, 1.82) is 0 Å². The van der Waals surface area contributed by atoms with Crippen LogP contribution in [0.5, 0.6) is 5.75 Å². The van der Waals surface area contributed by atoms with E-state index in [-0.39, 0.29) is 0 Å². The second-order valence-electron chi connectivity index (χ2n) is 6.94. The van der Waals surface area contributed by atoms with Crippen molar-refractivity contribution in [3.63, 3.8) is 0 Å². The lowest BCUT2D eigenvalue weighted by atomic mass is 9.96. The Morgan fingerprint density at radius 3 is 2.72 bits per heavy atom. The molecular weight excluding hydrogens is 356 g/mol.